The van der Waals surface area contributed by atoms with E-state index in [2.05, 4.69) is 18.2 Å². The topological polar surface area (TPSA) is 4.93 Å². The van der Waals surface area contributed by atoms with Crippen LogP contribution in [0.5, 0.6) is 0 Å². The Labute approximate surface area is 61.7 Å². The molecule has 0 N–H and O–H groups in total. The van der Waals surface area contributed by atoms with Crippen LogP contribution in [0.3, 0.4) is 0 Å². The summed E-state index contributed by atoms with van der Waals surface area (Å²) < 4.78 is 2.03. The Morgan fingerprint density at radius 2 is 2.50 bits per heavy atom. The van der Waals surface area contributed by atoms with Crippen LogP contribution in [0.2, 0.25) is 0 Å². The molecule has 0 aromatic carbocycles. The lowest BCUT2D eigenvalue weighted by Crippen LogP contribution is -1.81. The van der Waals surface area contributed by atoms with Gasteiger partial charge in [-0.15, -0.1) is 12.3 Å². The van der Waals surface area contributed by atoms with Crippen LogP contribution < -0.4 is 0 Å². The molecule has 1 nitrogen and oxygen atoms in total. The van der Waals surface area contributed by atoms with Crippen molar-refractivity contribution in [2.24, 2.45) is 7.05 Å². The molecule has 0 aliphatic carbocycles. The number of nitrogens with zero attached hydrogens (tertiary/aromatic N) is 1. The third kappa shape index (κ3) is 1.66. The van der Waals surface area contributed by atoms with Crippen molar-refractivity contribution in [3.05, 3.63) is 24.0 Å². The van der Waals surface area contributed by atoms with Gasteiger partial charge in [-0.05, 0) is 18.1 Å². The maximum Gasteiger partial charge on any atom is 0.0127 e. The Morgan fingerprint density at radius 1 is 1.70 bits per heavy atom. The van der Waals surface area contributed by atoms with Gasteiger partial charge in [-0.2, -0.15) is 0 Å². The predicted octanol–water partition coefficient (Wildman–Crippen LogP) is 1.59. The van der Waals surface area contributed by atoms with E-state index in [1.54, 1.807) is 0 Å². The largest absolute Gasteiger partial charge is 0.357 e. The van der Waals surface area contributed by atoms with Gasteiger partial charge in [0, 0.05) is 25.9 Å². The van der Waals surface area contributed by atoms with Crippen molar-refractivity contribution in [3.8, 4) is 12.3 Å². The van der Waals surface area contributed by atoms with Crippen LogP contribution in [0.25, 0.3) is 0 Å². The van der Waals surface area contributed by atoms with E-state index in [9.17, 15) is 0 Å². The second kappa shape index (κ2) is 3.12. The van der Waals surface area contributed by atoms with Crippen molar-refractivity contribution in [1.29, 1.82) is 0 Å². The normalized spacial score (nSPS) is 9.20. The van der Waals surface area contributed by atoms with Gasteiger partial charge in [-0.1, -0.05) is 0 Å². The average molecular weight is 133 g/mol. The second-order valence-corrected chi connectivity index (χ2v) is 2.39. The van der Waals surface area contributed by atoms with E-state index in [1.165, 1.54) is 5.56 Å². The van der Waals surface area contributed by atoms with Gasteiger partial charge in [0.25, 0.3) is 0 Å². The highest BCUT2D eigenvalue weighted by Crippen LogP contribution is 2.01. The summed E-state index contributed by atoms with van der Waals surface area (Å²) >= 11 is 0. The molecular formula is C9H11N. The van der Waals surface area contributed by atoms with Crippen molar-refractivity contribution in [3.63, 3.8) is 0 Å². The highest BCUT2D eigenvalue weighted by atomic mass is 14.9. The van der Waals surface area contributed by atoms with Gasteiger partial charge in [0.1, 0.15) is 0 Å². The first-order valence-electron chi connectivity index (χ1n) is 3.37. The number of hydrogen-bond donors (Lipinski definition) is 0. The first-order chi connectivity index (χ1) is 4.83. The summed E-state index contributed by atoms with van der Waals surface area (Å²) in [5, 5.41) is 0. The second-order valence-electron chi connectivity index (χ2n) is 2.39. The Morgan fingerprint density at radius 3 is 3.00 bits per heavy atom. The van der Waals surface area contributed by atoms with Gasteiger partial charge in [-0.25, -0.2) is 0 Å². The molecule has 0 saturated heterocycles. The number of aromatic nitrogens is 1. The van der Waals surface area contributed by atoms with Crippen molar-refractivity contribution in [2.75, 3.05) is 0 Å². The summed E-state index contributed by atoms with van der Waals surface area (Å²) in [6.07, 6.45) is 11.1. The summed E-state index contributed by atoms with van der Waals surface area (Å²) in [6, 6.07) is 2.09. The fourth-order valence-corrected chi connectivity index (χ4v) is 0.925. The summed E-state index contributed by atoms with van der Waals surface area (Å²) in [5.41, 5.74) is 1.32. The average Bonchev–Trinajstić information content (AvgIpc) is 2.31. The van der Waals surface area contributed by atoms with Crippen LogP contribution in [0.15, 0.2) is 18.5 Å². The fourth-order valence-electron chi connectivity index (χ4n) is 0.925. The van der Waals surface area contributed by atoms with E-state index < -0.39 is 0 Å². The molecule has 0 amide bonds. The lowest BCUT2D eigenvalue weighted by Gasteiger charge is -1.88. The van der Waals surface area contributed by atoms with E-state index in [1.807, 2.05) is 17.8 Å². The van der Waals surface area contributed by atoms with Gasteiger partial charge >= 0.3 is 0 Å². The molecule has 1 aromatic rings. The lowest BCUT2D eigenvalue weighted by molar-refractivity contribution is 0.914. The highest BCUT2D eigenvalue weighted by molar-refractivity contribution is 5.11. The number of terminal acetylenes is 1. The molecule has 1 rings (SSSR count). The molecule has 0 saturated carbocycles. The minimum atomic E-state index is 0.837. The zero-order chi connectivity index (χ0) is 7.40. The molecule has 0 fully saturated rings. The van der Waals surface area contributed by atoms with Crippen molar-refractivity contribution in [1.82, 2.24) is 4.57 Å². The molecule has 10 heavy (non-hydrogen) atoms. The predicted molar refractivity (Wildman–Crippen MR) is 42.6 cm³/mol. The van der Waals surface area contributed by atoms with Crippen LogP contribution in [-0.4, -0.2) is 4.57 Å². The number of aryl methyl sites for hydroxylation is 2. The third-order valence-electron chi connectivity index (χ3n) is 1.45. The summed E-state index contributed by atoms with van der Waals surface area (Å²) in [4.78, 5) is 0. The standard InChI is InChI=1S/C9H11N/c1-3-4-5-9-6-7-10(2)8-9/h1,6-8H,4-5H2,2H3. The lowest BCUT2D eigenvalue weighted by atomic mass is 10.2. The Hall–Kier alpha value is -1.16. The smallest absolute Gasteiger partial charge is 0.0127 e. The number of hydrogen-bond acceptors (Lipinski definition) is 0. The third-order valence-corrected chi connectivity index (χ3v) is 1.45. The Kier molecular flexibility index (Phi) is 2.17. The van der Waals surface area contributed by atoms with Crippen LogP contribution in [0, 0.1) is 12.3 Å². The first-order valence-corrected chi connectivity index (χ1v) is 3.37. The summed E-state index contributed by atoms with van der Waals surface area (Å²) in [7, 11) is 2.01. The number of rotatable bonds is 2. The van der Waals surface area contributed by atoms with Crippen LogP contribution in [-0.2, 0) is 13.5 Å². The zero-order valence-corrected chi connectivity index (χ0v) is 6.17. The molecule has 1 heterocycles. The minimum Gasteiger partial charge on any atom is -0.357 e. The Bertz CT molecular complexity index is 239. The van der Waals surface area contributed by atoms with Gasteiger partial charge < -0.3 is 4.57 Å². The molecular weight excluding hydrogens is 122 g/mol. The summed E-state index contributed by atoms with van der Waals surface area (Å²) in [5.74, 6) is 2.62. The van der Waals surface area contributed by atoms with Gasteiger partial charge in [0.15, 0.2) is 0 Å². The maximum atomic E-state index is 5.13. The van der Waals surface area contributed by atoms with Crippen molar-refractivity contribution in [2.45, 2.75) is 12.8 Å². The Balaban J connectivity index is 2.52. The van der Waals surface area contributed by atoms with Crippen molar-refractivity contribution >= 4 is 0 Å². The van der Waals surface area contributed by atoms with Crippen LogP contribution in [0.4, 0.5) is 0 Å². The van der Waals surface area contributed by atoms with Gasteiger partial charge in [0.2, 0.25) is 0 Å². The molecule has 0 spiro atoms. The van der Waals surface area contributed by atoms with E-state index in [4.69, 9.17) is 6.42 Å². The highest BCUT2D eigenvalue weighted by Gasteiger charge is 1.90. The molecule has 1 aromatic heterocycles. The van der Waals surface area contributed by atoms with Crippen molar-refractivity contribution < 1.29 is 0 Å². The maximum absolute atomic E-state index is 5.13. The fraction of sp³-hybridized carbons (Fsp3) is 0.333. The molecule has 0 unspecified atom stereocenters. The van der Waals surface area contributed by atoms with E-state index in [0.29, 0.717) is 0 Å². The molecule has 52 valence electrons. The monoisotopic (exact) mass is 133 g/mol. The first kappa shape index (κ1) is 6.95. The SMILES string of the molecule is C#CCCc1ccn(C)c1. The zero-order valence-electron chi connectivity index (χ0n) is 6.17. The summed E-state index contributed by atoms with van der Waals surface area (Å²) in [6.45, 7) is 0. The van der Waals surface area contributed by atoms with E-state index in [0.717, 1.165) is 12.8 Å². The quantitative estimate of drug-likeness (QED) is 0.540. The van der Waals surface area contributed by atoms with E-state index in [-0.39, 0.29) is 0 Å². The molecule has 0 atom stereocenters. The molecule has 0 aliphatic rings. The molecule has 0 bridgehead atoms. The van der Waals surface area contributed by atoms with E-state index >= 15 is 0 Å². The van der Waals surface area contributed by atoms with Crippen LogP contribution in [0.1, 0.15) is 12.0 Å². The van der Waals surface area contributed by atoms with Gasteiger partial charge in [-0.3, -0.25) is 0 Å². The molecule has 0 radical (unpaired) electrons. The molecule has 1 heteroatoms. The van der Waals surface area contributed by atoms with Gasteiger partial charge in [0.05, 0.1) is 0 Å². The minimum absolute atomic E-state index is 0.837. The van der Waals surface area contributed by atoms with Crippen LogP contribution >= 0.6 is 0 Å². The molecule has 0 aliphatic heterocycles.